The summed E-state index contributed by atoms with van der Waals surface area (Å²) in [6, 6.07) is 11.1. The van der Waals surface area contributed by atoms with Crippen LogP contribution in [0.1, 0.15) is 25.0 Å². The van der Waals surface area contributed by atoms with Crippen LogP contribution in [0.2, 0.25) is 5.02 Å². The summed E-state index contributed by atoms with van der Waals surface area (Å²) in [5.41, 5.74) is 1.81. The van der Waals surface area contributed by atoms with Crippen molar-refractivity contribution in [3.63, 3.8) is 0 Å². The number of likely N-dealkylation sites (N-methyl/N-ethyl adjacent to an activating group) is 1. The largest absolute Gasteiger partial charge is 0.490 e. The van der Waals surface area contributed by atoms with Gasteiger partial charge in [-0.25, -0.2) is 0 Å². The van der Waals surface area contributed by atoms with Crippen molar-refractivity contribution in [2.75, 3.05) is 26.4 Å². The molecule has 1 amide bonds. The average molecular weight is 478 g/mol. The number of carbonyl (C=O) groups is 1. The first kappa shape index (κ1) is 23.4. The van der Waals surface area contributed by atoms with Crippen molar-refractivity contribution < 1.29 is 19.0 Å². The third-order valence-electron chi connectivity index (χ3n) is 4.49. The van der Waals surface area contributed by atoms with Gasteiger partial charge in [0.25, 0.3) is 5.91 Å². The molecule has 1 fully saturated rings. The van der Waals surface area contributed by atoms with Crippen LogP contribution in [0.3, 0.4) is 0 Å². The highest BCUT2D eigenvalue weighted by molar-refractivity contribution is 8.26. The van der Waals surface area contributed by atoms with Crippen molar-refractivity contribution >= 4 is 51.9 Å². The van der Waals surface area contributed by atoms with Gasteiger partial charge in [-0.15, -0.1) is 0 Å². The zero-order valence-corrected chi connectivity index (χ0v) is 20.0. The fourth-order valence-corrected chi connectivity index (χ4v) is 4.45. The molecule has 1 saturated heterocycles. The summed E-state index contributed by atoms with van der Waals surface area (Å²) in [4.78, 5) is 14.6. The zero-order chi connectivity index (χ0) is 22.4. The van der Waals surface area contributed by atoms with Gasteiger partial charge in [-0.05, 0) is 68.3 Å². The molecule has 0 N–H and O–H groups in total. The molecule has 0 aromatic heterocycles. The Morgan fingerprint density at radius 2 is 1.84 bits per heavy atom. The maximum Gasteiger partial charge on any atom is 0.266 e. The van der Waals surface area contributed by atoms with Crippen LogP contribution < -0.4 is 14.2 Å². The van der Waals surface area contributed by atoms with Crippen LogP contribution >= 0.6 is 35.6 Å². The number of carbonyl (C=O) groups excluding carboxylic acids is 1. The van der Waals surface area contributed by atoms with E-state index in [0.29, 0.717) is 52.1 Å². The Kier molecular flexibility index (Phi) is 8.23. The van der Waals surface area contributed by atoms with Gasteiger partial charge in [0.05, 0.1) is 11.5 Å². The first-order chi connectivity index (χ1) is 14.9. The quantitative estimate of drug-likeness (QED) is 0.261. The van der Waals surface area contributed by atoms with Gasteiger partial charge in [0.15, 0.2) is 11.5 Å². The molecule has 1 heterocycles. The SMILES string of the molecule is CCOc1cc(C=C2SC(=S)N(CC)C2=O)ccc1OCCOc1ccc(Cl)c(C)c1. The van der Waals surface area contributed by atoms with Crippen molar-refractivity contribution in [2.24, 2.45) is 0 Å². The molecule has 0 atom stereocenters. The molecule has 0 radical (unpaired) electrons. The van der Waals surface area contributed by atoms with Gasteiger partial charge in [0.2, 0.25) is 0 Å². The number of thiocarbonyl (C=S) groups is 1. The maximum absolute atomic E-state index is 12.4. The van der Waals surface area contributed by atoms with Crippen LogP contribution in [0.5, 0.6) is 17.2 Å². The number of ether oxygens (including phenoxy) is 3. The number of thioether (sulfide) groups is 1. The molecule has 1 aliphatic heterocycles. The second-order valence-corrected chi connectivity index (χ2v) is 8.76. The van der Waals surface area contributed by atoms with E-state index in [2.05, 4.69) is 0 Å². The second-order valence-electron chi connectivity index (χ2n) is 6.67. The van der Waals surface area contributed by atoms with Gasteiger partial charge in [-0.2, -0.15) is 0 Å². The van der Waals surface area contributed by atoms with Crippen molar-refractivity contribution in [3.05, 3.63) is 57.5 Å². The summed E-state index contributed by atoms with van der Waals surface area (Å²) < 4.78 is 17.9. The van der Waals surface area contributed by atoms with Crippen molar-refractivity contribution in [1.29, 1.82) is 0 Å². The molecule has 0 saturated carbocycles. The van der Waals surface area contributed by atoms with Crippen molar-refractivity contribution in [1.82, 2.24) is 4.90 Å². The van der Waals surface area contributed by atoms with Gasteiger partial charge >= 0.3 is 0 Å². The number of nitrogens with zero attached hydrogens (tertiary/aromatic N) is 1. The predicted molar refractivity (Wildman–Crippen MR) is 130 cm³/mol. The highest BCUT2D eigenvalue weighted by Crippen LogP contribution is 2.34. The smallest absolute Gasteiger partial charge is 0.266 e. The molecule has 5 nitrogen and oxygen atoms in total. The molecule has 2 aromatic carbocycles. The highest BCUT2D eigenvalue weighted by Gasteiger charge is 2.30. The number of halogens is 1. The van der Waals surface area contributed by atoms with Gasteiger partial charge in [0.1, 0.15) is 23.3 Å². The van der Waals surface area contributed by atoms with Gasteiger partial charge in [-0.3, -0.25) is 9.69 Å². The van der Waals surface area contributed by atoms with E-state index in [1.807, 2.05) is 63.2 Å². The maximum atomic E-state index is 12.4. The van der Waals surface area contributed by atoms with E-state index in [1.165, 1.54) is 11.8 Å². The molecule has 1 aliphatic rings. The third-order valence-corrected chi connectivity index (χ3v) is 6.30. The lowest BCUT2D eigenvalue weighted by Crippen LogP contribution is -2.27. The summed E-state index contributed by atoms with van der Waals surface area (Å²) in [7, 11) is 0. The third kappa shape index (κ3) is 5.93. The van der Waals surface area contributed by atoms with Gasteiger partial charge in [-0.1, -0.05) is 41.6 Å². The van der Waals surface area contributed by atoms with E-state index in [1.54, 1.807) is 4.90 Å². The molecule has 0 unspecified atom stereocenters. The minimum atomic E-state index is -0.0645. The second kappa shape index (κ2) is 10.9. The van der Waals surface area contributed by atoms with Crippen molar-refractivity contribution in [3.8, 4) is 17.2 Å². The predicted octanol–water partition coefficient (Wildman–Crippen LogP) is 5.73. The summed E-state index contributed by atoms with van der Waals surface area (Å²) in [5.74, 6) is 1.92. The fourth-order valence-electron chi connectivity index (χ4n) is 2.94. The summed E-state index contributed by atoms with van der Waals surface area (Å²) >= 11 is 12.6. The summed E-state index contributed by atoms with van der Waals surface area (Å²) in [6.07, 6.45) is 1.83. The normalized spacial score (nSPS) is 15.0. The van der Waals surface area contributed by atoms with Gasteiger partial charge in [0, 0.05) is 11.6 Å². The fraction of sp³-hybridized carbons (Fsp3) is 0.304. The van der Waals surface area contributed by atoms with E-state index in [4.69, 9.17) is 38.0 Å². The number of rotatable bonds is 9. The minimum absolute atomic E-state index is 0.0645. The monoisotopic (exact) mass is 477 g/mol. The van der Waals surface area contributed by atoms with E-state index in [-0.39, 0.29) is 5.91 Å². The molecule has 31 heavy (non-hydrogen) atoms. The molecular weight excluding hydrogens is 454 g/mol. The molecule has 0 spiro atoms. The Morgan fingerprint density at radius 3 is 2.52 bits per heavy atom. The molecule has 3 rings (SSSR count). The van der Waals surface area contributed by atoms with Crippen molar-refractivity contribution in [2.45, 2.75) is 20.8 Å². The summed E-state index contributed by atoms with van der Waals surface area (Å²) in [5, 5.41) is 0.710. The number of benzene rings is 2. The minimum Gasteiger partial charge on any atom is -0.490 e. The lowest BCUT2D eigenvalue weighted by atomic mass is 10.2. The Balaban J connectivity index is 1.65. The Labute approximate surface area is 197 Å². The van der Waals surface area contributed by atoms with E-state index >= 15 is 0 Å². The number of hydrogen-bond acceptors (Lipinski definition) is 6. The lowest BCUT2D eigenvalue weighted by molar-refractivity contribution is -0.121. The molecule has 0 aliphatic carbocycles. The Hall–Kier alpha value is -2.22. The molecule has 8 heteroatoms. The van der Waals surface area contributed by atoms with E-state index < -0.39 is 0 Å². The van der Waals surface area contributed by atoms with Crippen LogP contribution in [0.25, 0.3) is 6.08 Å². The van der Waals surface area contributed by atoms with E-state index in [9.17, 15) is 4.79 Å². The molecule has 164 valence electrons. The zero-order valence-electron chi connectivity index (χ0n) is 17.6. The van der Waals surface area contributed by atoms with Crippen LogP contribution in [0.15, 0.2) is 41.3 Å². The molecule has 0 bridgehead atoms. The highest BCUT2D eigenvalue weighted by atomic mass is 35.5. The standard InChI is InChI=1S/C23H24ClNO4S2/c1-4-25-22(26)21(31-23(25)30)14-16-6-9-19(20(13-16)27-5-2)29-11-10-28-17-7-8-18(24)15(3)12-17/h6-9,12-14H,4-5,10-11H2,1-3H3. The first-order valence-electron chi connectivity index (χ1n) is 9.96. The van der Waals surface area contributed by atoms with E-state index in [0.717, 1.165) is 16.9 Å². The number of amides is 1. The van der Waals surface area contributed by atoms with Crippen LogP contribution in [0.4, 0.5) is 0 Å². The first-order valence-corrected chi connectivity index (χ1v) is 11.6. The van der Waals surface area contributed by atoms with Crippen LogP contribution in [0, 0.1) is 6.92 Å². The number of hydrogen-bond donors (Lipinski definition) is 0. The van der Waals surface area contributed by atoms with Crippen LogP contribution in [-0.4, -0.2) is 41.5 Å². The summed E-state index contributed by atoms with van der Waals surface area (Å²) in [6.45, 7) is 7.56. The Morgan fingerprint density at radius 1 is 1.06 bits per heavy atom. The lowest BCUT2D eigenvalue weighted by Gasteiger charge is -2.13. The topological polar surface area (TPSA) is 48.0 Å². The van der Waals surface area contributed by atoms with Crippen LogP contribution in [-0.2, 0) is 4.79 Å². The van der Waals surface area contributed by atoms with Gasteiger partial charge < -0.3 is 14.2 Å². The average Bonchev–Trinajstić information content (AvgIpc) is 3.01. The number of aryl methyl sites for hydroxylation is 1. The molecule has 2 aromatic rings. The molecular formula is C23H24ClNO4S2. The Bertz CT molecular complexity index is 1010.